The molecule has 184 valence electrons. The zero-order chi connectivity index (χ0) is 24.7. The molecule has 0 aliphatic heterocycles. The molecule has 1 saturated carbocycles. The maximum Gasteiger partial charge on any atom is 0.340 e. The predicted octanol–water partition coefficient (Wildman–Crippen LogP) is 2.73. The van der Waals surface area contributed by atoms with Gasteiger partial charge in [-0.25, -0.2) is 17.9 Å². The highest BCUT2D eigenvalue weighted by molar-refractivity contribution is 7.89. The molecule has 0 atom stereocenters. The van der Waals surface area contributed by atoms with Crippen LogP contribution in [0.25, 0.3) is 0 Å². The van der Waals surface area contributed by atoms with Crippen molar-refractivity contribution in [3.63, 3.8) is 0 Å². The van der Waals surface area contributed by atoms with E-state index in [1.54, 1.807) is 0 Å². The van der Waals surface area contributed by atoms with E-state index in [4.69, 9.17) is 18.9 Å². The zero-order valence-corrected chi connectivity index (χ0v) is 20.1. The first-order valence-corrected chi connectivity index (χ1v) is 12.1. The van der Waals surface area contributed by atoms with E-state index in [-0.39, 0.29) is 28.8 Å². The Morgan fingerprint density at radius 2 is 1.59 bits per heavy atom. The molecule has 0 unspecified atom stereocenters. The summed E-state index contributed by atoms with van der Waals surface area (Å²) in [5.74, 6) is -0.281. The number of hydrogen-bond donors (Lipinski definition) is 2. The van der Waals surface area contributed by atoms with Crippen LogP contribution in [0.1, 0.15) is 36.0 Å². The molecule has 0 spiro atoms. The van der Waals surface area contributed by atoms with Crippen LogP contribution in [0.2, 0.25) is 0 Å². The van der Waals surface area contributed by atoms with Crippen molar-refractivity contribution in [2.45, 2.75) is 36.6 Å². The lowest BCUT2D eigenvalue weighted by atomic mass is 10.1. The van der Waals surface area contributed by atoms with Gasteiger partial charge in [0, 0.05) is 18.2 Å². The average Bonchev–Trinajstić information content (AvgIpc) is 3.34. The van der Waals surface area contributed by atoms with Crippen LogP contribution in [0.3, 0.4) is 0 Å². The Balaban J connectivity index is 1.64. The molecule has 1 aliphatic rings. The van der Waals surface area contributed by atoms with Gasteiger partial charge in [-0.15, -0.1) is 0 Å². The Morgan fingerprint density at radius 1 is 0.971 bits per heavy atom. The second-order valence-electron chi connectivity index (χ2n) is 7.66. The summed E-state index contributed by atoms with van der Waals surface area (Å²) in [6, 6.07) is 8.62. The number of esters is 1. The Labute approximate surface area is 198 Å². The lowest BCUT2D eigenvalue weighted by Gasteiger charge is -2.15. The molecule has 34 heavy (non-hydrogen) atoms. The molecule has 0 heterocycles. The van der Waals surface area contributed by atoms with Gasteiger partial charge in [0.25, 0.3) is 5.91 Å². The summed E-state index contributed by atoms with van der Waals surface area (Å²) in [6.45, 7) is -0.374. The van der Waals surface area contributed by atoms with Gasteiger partial charge in [-0.05, 0) is 37.1 Å². The molecular formula is C23H28N2O8S. The molecule has 0 bridgehead atoms. The smallest absolute Gasteiger partial charge is 0.340 e. The van der Waals surface area contributed by atoms with Crippen LogP contribution in [0.5, 0.6) is 17.2 Å². The van der Waals surface area contributed by atoms with Crippen LogP contribution in [-0.4, -0.2) is 54.3 Å². The zero-order valence-electron chi connectivity index (χ0n) is 19.3. The lowest BCUT2D eigenvalue weighted by molar-refractivity contribution is -0.118. The fraction of sp³-hybridized carbons (Fsp3) is 0.391. The summed E-state index contributed by atoms with van der Waals surface area (Å²) in [4.78, 5) is 24.7. The molecule has 0 saturated heterocycles. The molecule has 1 fully saturated rings. The molecular weight excluding hydrogens is 464 g/mol. The lowest BCUT2D eigenvalue weighted by Crippen LogP contribution is -2.32. The molecule has 2 aromatic carbocycles. The van der Waals surface area contributed by atoms with Crippen molar-refractivity contribution in [1.29, 1.82) is 0 Å². The largest absolute Gasteiger partial charge is 0.493 e. The van der Waals surface area contributed by atoms with Gasteiger partial charge in [-0.1, -0.05) is 12.8 Å². The van der Waals surface area contributed by atoms with E-state index in [2.05, 4.69) is 10.0 Å². The maximum atomic E-state index is 12.5. The molecule has 11 heteroatoms. The highest BCUT2D eigenvalue weighted by atomic mass is 32.2. The van der Waals surface area contributed by atoms with E-state index in [0.29, 0.717) is 17.2 Å². The number of ether oxygens (including phenoxy) is 4. The van der Waals surface area contributed by atoms with Gasteiger partial charge < -0.3 is 24.3 Å². The number of carbonyl (C=O) groups excluding carboxylic acids is 2. The van der Waals surface area contributed by atoms with Crippen molar-refractivity contribution in [3.05, 3.63) is 42.0 Å². The summed E-state index contributed by atoms with van der Waals surface area (Å²) >= 11 is 0. The van der Waals surface area contributed by atoms with Crippen LogP contribution >= 0.6 is 0 Å². The molecule has 0 radical (unpaired) electrons. The summed E-state index contributed by atoms with van der Waals surface area (Å²) in [6.07, 6.45) is 3.72. The number of sulfonamides is 1. The number of benzene rings is 2. The van der Waals surface area contributed by atoms with Crippen molar-refractivity contribution in [3.8, 4) is 17.2 Å². The molecule has 2 N–H and O–H groups in total. The number of carbonyl (C=O) groups is 2. The molecule has 3 rings (SSSR count). The summed E-state index contributed by atoms with van der Waals surface area (Å²) < 4.78 is 48.4. The van der Waals surface area contributed by atoms with Crippen molar-refractivity contribution in [2.24, 2.45) is 0 Å². The van der Waals surface area contributed by atoms with E-state index in [1.165, 1.54) is 57.7 Å². The van der Waals surface area contributed by atoms with E-state index in [0.717, 1.165) is 25.7 Å². The van der Waals surface area contributed by atoms with Gasteiger partial charge in [-0.2, -0.15) is 0 Å². The summed E-state index contributed by atoms with van der Waals surface area (Å²) in [7, 11) is 0.463. The first-order valence-electron chi connectivity index (χ1n) is 10.7. The van der Waals surface area contributed by atoms with E-state index in [9.17, 15) is 18.0 Å². The number of rotatable bonds is 10. The van der Waals surface area contributed by atoms with Gasteiger partial charge in [0.1, 0.15) is 5.75 Å². The Hall–Kier alpha value is -3.31. The minimum Gasteiger partial charge on any atom is -0.493 e. The fourth-order valence-corrected chi connectivity index (χ4v) is 4.95. The van der Waals surface area contributed by atoms with E-state index >= 15 is 0 Å². The fourth-order valence-electron chi connectivity index (χ4n) is 3.64. The Kier molecular flexibility index (Phi) is 8.35. The molecule has 10 nitrogen and oxygen atoms in total. The second kappa shape index (κ2) is 11.2. The van der Waals surface area contributed by atoms with E-state index < -0.39 is 21.9 Å². The molecule has 0 aromatic heterocycles. The van der Waals surface area contributed by atoms with Crippen LogP contribution in [0.15, 0.2) is 41.3 Å². The minimum absolute atomic E-state index is 0.0314. The number of anilines is 1. The van der Waals surface area contributed by atoms with Gasteiger partial charge >= 0.3 is 5.97 Å². The monoisotopic (exact) mass is 492 g/mol. The Bertz CT molecular complexity index is 1130. The van der Waals surface area contributed by atoms with Gasteiger partial charge in [0.05, 0.1) is 37.5 Å². The highest BCUT2D eigenvalue weighted by Crippen LogP contribution is 2.33. The predicted molar refractivity (Wildman–Crippen MR) is 124 cm³/mol. The van der Waals surface area contributed by atoms with Crippen LogP contribution in [0, 0.1) is 0 Å². The number of amides is 1. The first-order chi connectivity index (χ1) is 16.3. The third-order valence-electron chi connectivity index (χ3n) is 5.38. The number of hydrogen-bond acceptors (Lipinski definition) is 8. The number of nitrogens with one attached hydrogen (secondary N) is 2. The topological polar surface area (TPSA) is 129 Å². The average molecular weight is 493 g/mol. The van der Waals surface area contributed by atoms with Gasteiger partial charge in [0.2, 0.25) is 10.0 Å². The normalized spacial score (nSPS) is 13.9. The third kappa shape index (κ3) is 6.17. The summed E-state index contributed by atoms with van der Waals surface area (Å²) in [5.41, 5.74) is 0.246. The first kappa shape index (κ1) is 25.3. The second-order valence-corrected chi connectivity index (χ2v) is 9.37. The SMILES string of the molecule is COC(=O)c1cc(OC)c(OC)cc1NC(=O)COc1ccc(S(=O)(=O)NC2CCCC2)cc1. The number of methoxy groups -OCH3 is 3. The molecule has 2 aromatic rings. The Morgan fingerprint density at radius 3 is 2.18 bits per heavy atom. The third-order valence-corrected chi connectivity index (χ3v) is 6.92. The van der Waals surface area contributed by atoms with Gasteiger partial charge in [0.15, 0.2) is 18.1 Å². The minimum atomic E-state index is -3.61. The van der Waals surface area contributed by atoms with Gasteiger partial charge in [-0.3, -0.25) is 4.79 Å². The van der Waals surface area contributed by atoms with E-state index in [1.807, 2.05) is 0 Å². The standard InChI is InChI=1S/C23H28N2O8S/c1-30-20-12-18(23(27)32-3)19(13-21(20)31-2)24-22(26)14-33-16-8-10-17(11-9-16)34(28,29)25-15-6-4-5-7-15/h8-13,15,25H,4-7,14H2,1-3H3,(H,24,26). The van der Waals surface area contributed by atoms with Crippen molar-refractivity contribution in [1.82, 2.24) is 4.72 Å². The maximum absolute atomic E-state index is 12.5. The summed E-state index contributed by atoms with van der Waals surface area (Å²) in [5, 5.41) is 2.59. The highest BCUT2D eigenvalue weighted by Gasteiger charge is 2.23. The van der Waals surface area contributed by atoms with Crippen LogP contribution in [0.4, 0.5) is 5.69 Å². The molecule has 1 aliphatic carbocycles. The van der Waals surface area contributed by atoms with Crippen molar-refractivity contribution >= 4 is 27.6 Å². The van der Waals surface area contributed by atoms with Crippen LogP contribution in [-0.2, 0) is 19.6 Å². The van der Waals surface area contributed by atoms with Crippen molar-refractivity contribution in [2.75, 3.05) is 33.3 Å². The quantitative estimate of drug-likeness (QED) is 0.485. The molecule has 1 amide bonds. The van der Waals surface area contributed by atoms with Crippen molar-refractivity contribution < 1.29 is 37.0 Å². The van der Waals surface area contributed by atoms with Crippen LogP contribution < -0.4 is 24.2 Å².